The van der Waals surface area contributed by atoms with E-state index in [9.17, 15) is 9.18 Å². The second-order valence-corrected chi connectivity index (χ2v) is 8.73. The zero-order valence-corrected chi connectivity index (χ0v) is 21.1. The van der Waals surface area contributed by atoms with Crippen molar-refractivity contribution in [1.82, 2.24) is 20.2 Å². The molecule has 1 amide bonds. The van der Waals surface area contributed by atoms with E-state index in [2.05, 4.69) is 36.7 Å². The molecular formula is C28H27FN6O4. The third-order valence-electron chi connectivity index (χ3n) is 6.00. The highest BCUT2D eigenvalue weighted by atomic mass is 19.1. The zero-order valence-electron chi connectivity index (χ0n) is 21.1. The number of hydrogen-bond acceptors (Lipinski definition) is 9. The molecule has 1 aliphatic heterocycles. The molecule has 1 fully saturated rings. The summed E-state index contributed by atoms with van der Waals surface area (Å²) < 4.78 is 30.8. The van der Waals surface area contributed by atoms with Crippen molar-refractivity contribution in [2.24, 2.45) is 0 Å². The number of rotatable bonds is 10. The highest BCUT2D eigenvalue weighted by Crippen LogP contribution is 2.26. The Bertz CT molecular complexity index is 1480. The van der Waals surface area contributed by atoms with Crippen molar-refractivity contribution in [2.75, 3.05) is 56.6 Å². The van der Waals surface area contributed by atoms with Crippen LogP contribution in [0.25, 0.3) is 11.0 Å². The van der Waals surface area contributed by atoms with Gasteiger partial charge in [0, 0.05) is 42.9 Å². The number of amides is 1. The third-order valence-corrected chi connectivity index (χ3v) is 6.00. The molecule has 0 bridgehead atoms. The maximum Gasteiger partial charge on any atom is 0.287 e. The number of benzene rings is 2. The van der Waals surface area contributed by atoms with Gasteiger partial charge in [-0.1, -0.05) is 5.92 Å². The number of morpholine rings is 1. The summed E-state index contributed by atoms with van der Waals surface area (Å²) >= 11 is 0. The van der Waals surface area contributed by atoms with Gasteiger partial charge in [-0.15, -0.1) is 6.42 Å². The summed E-state index contributed by atoms with van der Waals surface area (Å²) in [5.74, 6) is 2.54. The van der Waals surface area contributed by atoms with Crippen molar-refractivity contribution in [3.8, 4) is 18.1 Å². The van der Waals surface area contributed by atoms with Gasteiger partial charge in [0.15, 0.2) is 17.4 Å². The van der Waals surface area contributed by atoms with Gasteiger partial charge in [-0.25, -0.2) is 9.37 Å². The first-order valence-corrected chi connectivity index (χ1v) is 12.4. The van der Waals surface area contributed by atoms with Crippen molar-refractivity contribution in [3.05, 3.63) is 66.3 Å². The highest BCUT2D eigenvalue weighted by Gasteiger charge is 2.15. The minimum absolute atomic E-state index is 0.00483. The predicted octanol–water partition coefficient (Wildman–Crippen LogP) is 3.92. The van der Waals surface area contributed by atoms with Crippen molar-refractivity contribution in [2.45, 2.75) is 0 Å². The minimum Gasteiger partial charge on any atom is -0.481 e. The lowest BCUT2D eigenvalue weighted by atomic mass is 10.2. The molecule has 5 rings (SSSR count). The smallest absolute Gasteiger partial charge is 0.287 e. The predicted molar refractivity (Wildman–Crippen MR) is 145 cm³/mol. The van der Waals surface area contributed by atoms with Gasteiger partial charge >= 0.3 is 0 Å². The van der Waals surface area contributed by atoms with Crippen LogP contribution in [0.2, 0.25) is 0 Å². The van der Waals surface area contributed by atoms with Crippen molar-refractivity contribution < 1.29 is 23.1 Å². The van der Waals surface area contributed by atoms with Gasteiger partial charge in [0.2, 0.25) is 5.95 Å². The highest BCUT2D eigenvalue weighted by molar-refractivity contribution is 5.96. The first-order chi connectivity index (χ1) is 19.1. The van der Waals surface area contributed by atoms with E-state index in [0.29, 0.717) is 42.5 Å². The number of aromatic nitrogens is 2. The van der Waals surface area contributed by atoms with E-state index in [-0.39, 0.29) is 30.0 Å². The summed E-state index contributed by atoms with van der Waals surface area (Å²) in [6.45, 7) is 4.59. The van der Waals surface area contributed by atoms with Gasteiger partial charge in [-0.05, 0) is 48.5 Å². The van der Waals surface area contributed by atoms with Crippen LogP contribution in [0, 0.1) is 18.2 Å². The first-order valence-electron chi connectivity index (χ1n) is 12.4. The average molecular weight is 531 g/mol. The van der Waals surface area contributed by atoms with E-state index in [1.165, 1.54) is 0 Å². The van der Waals surface area contributed by atoms with E-state index in [0.717, 1.165) is 31.2 Å². The van der Waals surface area contributed by atoms with Crippen LogP contribution in [0.3, 0.4) is 0 Å². The molecule has 3 N–H and O–H groups in total. The molecule has 1 aliphatic rings. The summed E-state index contributed by atoms with van der Waals surface area (Å²) in [6, 6.07) is 13.9. The fraction of sp³-hybridized carbons (Fsp3) is 0.250. The van der Waals surface area contributed by atoms with E-state index >= 15 is 0 Å². The van der Waals surface area contributed by atoms with Crippen molar-refractivity contribution >= 4 is 40.0 Å². The van der Waals surface area contributed by atoms with Gasteiger partial charge in [0.25, 0.3) is 5.91 Å². The Morgan fingerprint density at radius 1 is 1.10 bits per heavy atom. The first kappa shape index (κ1) is 26.0. The van der Waals surface area contributed by atoms with Crippen LogP contribution in [0.15, 0.2) is 59.1 Å². The van der Waals surface area contributed by atoms with Crippen LogP contribution < -0.4 is 20.7 Å². The Labute approximate surface area is 224 Å². The Kier molecular flexibility index (Phi) is 8.16. The molecule has 0 unspecified atom stereocenters. The molecule has 0 spiro atoms. The lowest BCUT2D eigenvalue weighted by Crippen LogP contribution is -2.41. The van der Waals surface area contributed by atoms with Gasteiger partial charge < -0.3 is 29.8 Å². The zero-order chi connectivity index (χ0) is 27.0. The number of halogens is 1. The number of furan rings is 1. The Hall–Kier alpha value is -4.66. The average Bonchev–Trinajstić information content (AvgIpc) is 3.39. The molecule has 0 aliphatic carbocycles. The number of fused-ring (bicyclic) bond motifs is 1. The molecule has 39 heavy (non-hydrogen) atoms. The standard InChI is InChI=1S/C28H27FN6O4/c1-2-13-38-22-6-3-20(4-7-22)32-26-23(29)18-31-28(34-26)33-21-5-8-24-19(16-21)17-25(39-24)27(36)30-9-10-35-11-14-37-15-12-35/h1,3-8,16-18H,9-15H2,(H,30,36)(H2,31,32,33,34). The number of anilines is 4. The molecule has 0 saturated carbocycles. The lowest BCUT2D eigenvalue weighted by molar-refractivity contribution is 0.0382. The van der Waals surface area contributed by atoms with Gasteiger partial charge in [-0.2, -0.15) is 4.98 Å². The Morgan fingerprint density at radius 3 is 2.69 bits per heavy atom. The Balaban J connectivity index is 1.21. The molecule has 1 saturated heterocycles. The SMILES string of the molecule is C#CCOc1ccc(Nc2nc(Nc3ccc4oc(C(=O)NCCN5CCOCC5)cc4c3)ncc2F)cc1. The van der Waals surface area contributed by atoms with Crippen LogP contribution in [0.1, 0.15) is 10.6 Å². The normalized spacial score (nSPS) is 13.5. The number of hydrogen-bond donors (Lipinski definition) is 3. The molecule has 200 valence electrons. The van der Waals surface area contributed by atoms with Crippen LogP contribution in [0.4, 0.5) is 27.5 Å². The number of nitrogens with one attached hydrogen (secondary N) is 3. The number of nitrogens with zero attached hydrogens (tertiary/aromatic N) is 3. The molecule has 11 heteroatoms. The van der Waals surface area contributed by atoms with Crippen LogP contribution in [0.5, 0.6) is 5.75 Å². The van der Waals surface area contributed by atoms with Gasteiger partial charge in [0.1, 0.15) is 17.9 Å². The van der Waals surface area contributed by atoms with E-state index in [1.54, 1.807) is 48.5 Å². The number of ether oxygens (including phenoxy) is 2. The molecule has 2 aromatic heterocycles. The van der Waals surface area contributed by atoms with Gasteiger partial charge in [0.05, 0.1) is 19.4 Å². The quantitative estimate of drug-likeness (QED) is 0.263. The second kappa shape index (κ2) is 12.3. The fourth-order valence-corrected chi connectivity index (χ4v) is 4.01. The third kappa shape index (κ3) is 6.81. The molecule has 3 heterocycles. The van der Waals surface area contributed by atoms with Crippen molar-refractivity contribution in [3.63, 3.8) is 0 Å². The van der Waals surface area contributed by atoms with Crippen LogP contribution >= 0.6 is 0 Å². The van der Waals surface area contributed by atoms with E-state index < -0.39 is 5.82 Å². The monoisotopic (exact) mass is 530 g/mol. The minimum atomic E-state index is -0.609. The molecule has 2 aromatic carbocycles. The van der Waals surface area contributed by atoms with Crippen LogP contribution in [-0.4, -0.2) is 66.8 Å². The van der Waals surface area contributed by atoms with E-state index in [1.807, 2.05) is 0 Å². The second-order valence-electron chi connectivity index (χ2n) is 8.73. The Morgan fingerprint density at radius 2 is 1.90 bits per heavy atom. The van der Waals surface area contributed by atoms with Gasteiger partial charge in [-0.3, -0.25) is 9.69 Å². The van der Waals surface area contributed by atoms with E-state index in [4.69, 9.17) is 20.3 Å². The lowest BCUT2D eigenvalue weighted by Gasteiger charge is -2.26. The van der Waals surface area contributed by atoms with Crippen molar-refractivity contribution in [1.29, 1.82) is 0 Å². The number of terminal acetylenes is 1. The number of carbonyl (C=O) groups excluding carboxylic acids is 1. The summed E-state index contributed by atoms with van der Waals surface area (Å²) in [4.78, 5) is 23.1. The maximum atomic E-state index is 14.4. The summed E-state index contributed by atoms with van der Waals surface area (Å²) in [5.41, 5.74) is 1.83. The maximum absolute atomic E-state index is 14.4. The summed E-state index contributed by atoms with van der Waals surface area (Å²) in [6.07, 6.45) is 6.28. The molecule has 0 atom stereocenters. The fourth-order valence-electron chi connectivity index (χ4n) is 4.01. The molecule has 10 nitrogen and oxygen atoms in total. The largest absolute Gasteiger partial charge is 0.481 e. The number of carbonyl (C=O) groups is 1. The summed E-state index contributed by atoms with van der Waals surface area (Å²) in [7, 11) is 0. The summed E-state index contributed by atoms with van der Waals surface area (Å²) in [5, 5.41) is 9.62. The molecular weight excluding hydrogens is 503 g/mol. The topological polar surface area (TPSA) is 114 Å². The molecule has 0 radical (unpaired) electrons. The molecule has 4 aromatic rings. The van der Waals surface area contributed by atoms with Crippen LogP contribution in [-0.2, 0) is 4.74 Å².